The number of alkyl halides is 1. The van der Waals surface area contributed by atoms with Crippen molar-refractivity contribution in [1.29, 1.82) is 0 Å². The van der Waals surface area contributed by atoms with Crippen molar-refractivity contribution in [3.05, 3.63) is 16.8 Å². The van der Waals surface area contributed by atoms with Crippen molar-refractivity contribution in [2.24, 2.45) is 0 Å². The highest BCUT2D eigenvalue weighted by atomic mass is 35.5. The minimum Gasteiger partial charge on any atom is -0.354 e. The number of halogens is 2. The maximum Gasteiger partial charge on any atom is 0.347 e. The molecule has 0 bridgehead atoms. The van der Waals surface area contributed by atoms with E-state index in [2.05, 4.69) is 15.5 Å². The lowest BCUT2D eigenvalue weighted by Gasteiger charge is -2.30. The van der Waals surface area contributed by atoms with Crippen LogP contribution in [-0.2, 0) is 20.0 Å². The zero-order valence-corrected chi connectivity index (χ0v) is 15.2. The fourth-order valence-electron chi connectivity index (χ4n) is 2.05. The van der Waals surface area contributed by atoms with Gasteiger partial charge in [0, 0.05) is 19.8 Å². The summed E-state index contributed by atoms with van der Waals surface area (Å²) in [4.78, 5) is 17.4. The molecule has 0 aliphatic heterocycles. The Hall–Kier alpha value is -1.55. The molecular formula is C14H22ClFN4O4. The number of aromatic nitrogens is 2. The van der Waals surface area contributed by atoms with Gasteiger partial charge in [-0.3, -0.25) is 10.2 Å². The minimum absolute atomic E-state index is 0.0331. The second-order valence-corrected chi connectivity index (χ2v) is 5.78. The summed E-state index contributed by atoms with van der Waals surface area (Å²) in [5, 5.41) is 10.8. The van der Waals surface area contributed by atoms with Gasteiger partial charge in [-0.25, -0.2) is 9.18 Å². The van der Waals surface area contributed by atoms with Gasteiger partial charge < -0.3 is 9.47 Å². The largest absolute Gasteiger partial charge is 0.354 e. The molecule has 1 aromatic heterocycles. The third kappa shape index (κ3) is 4.97. The third-order valence-electron chi connectivity index (χ3n) is 3.25. The van der Waals surface area contributed by atoms with Crippen LogP contribution >= 0.6 is 11.6 Å². The molecule has 1 heterocycles. The van der Waals surface area contributed by atoms with E-state index in [0.29, 0.717) is 0 Å². The van der Waals surface area contributed by atoms with Gasteiger partial charge in [0.05, 0.1) is 7.11 Å². The Kier molecular flexibility index (Phi) is 7.27. The Morgan fingerprint density at radius 1 is 1.33 bits per heavy atom. The van der Waals surface area contributed by atoms with E-state index in [1.165, 1.54) is 41.2 Å². The summed E-state index contributed by atoms with van der Waals surface area (Å²) in [5.41, 5.74) is -1.63. The van der Waals surface area contributed by atoms with Crippen molar-refractivity contribution in [3.63, 3.8) is 0 Å². The Morgan fingerprint density at radius 2 is 1.92 bits per heavy atom. The summed E-state index contributed by atoms with van der Waals surface area (Å²) in [6, 6.07) is 0.0984. The number of hydrogen-bond acceptors (Lipinski definition) is 6. The van der Waals surface area contributed by atoms with Gasteiger partial charge in [-0.15, -0.1) is 10.2 Å². The molecule has 1 aromatic rings. The molecular weight excluding hydrogens is 343 g/mol. The van der Waals surface area contributed by atoms with E-state index in [1.807, 2.05) is 0 Å². The number of nitrogens with one attached hydrogen (secondary N) is 1. The minimum atomic E-state index is -1.74. The lowest BCUT2D eigenvalue weighted by Crippen LogP contribution is -2.47. The molecule has 0 fully saturated rings. The van der Waals surface area contributed by atoms with Crippen molar-refractivity contribution in [1.82, 2.24) is 15.3 Å². The Bertz CT molecular complexity index is 566. The molecule has 0 aliphatic rings. The van der Waals surface area contributed by atoms with E-state index in [0.717, 1.165) is 5.06 Å². The number of carbonyl (C=O) groups is 1. The van der Waals surface area contributed by atoms with Gasteiger partial charge in [0.1, 0.15) is 11.7 Å². The molecule has 1 rings (SSSR count). The van der Waals surface area contributed by atoms with Crippen molar-refractivity contribution in [3.8, 4) is 0 Å². The first-order chi connectivity index (χ1) is 11.1. The van der Waals surface area contributed by atoms with Crippen LogP contribution in [0.15, 0.2) is 6.07 Å². The summed E-state index contributed by atoms with van der Waals surface area (Å²) in [7, 11) is 4.20. The van der Waals surface area contributed by atoms with Crippen LogP contribution < -0.4 is 5.32 Å². The molecule has 8 nitrogen and oxygen atoms in total. The SMILES string of the molecule is COC(OC)C(C)N(OC)C(=O)Nc1cc(C(C)(C)F)c(Cl)nn1. The number of nitrogens with zero attached hydrogens (tertiary/aromatic N) is 3. The first kappa shape index (κ1) is 20.5. The number of hydroxylamine groups is 2. The zero-order chi connectivity index (χ0) is 18.5. The number of hydrogen-bond donors (Lipinski definition) is 1. The van der Waals surface area contributed by atoms with Gasteiger partial charge in [0.15, 0.2) is 17.3 Å². The van der Waals surface area contributed by atoms with Gasteiger partial charge in [0.25, 0.3) is 0 Å². The van der Waals surface area contributed by atoms with Crippen LogP contribution in [-0.4, -0.2) is 55.0 Å². The Morgan fingerprint density at radius 3 is 2.38 bits per heavy atom. The number of rotatable bonds is 7. The lowest BCUT2D eigenvalue weighted by molar-refractivity contribution is -0.201. The van der Waals surface area contributed by atoms with E-state index in [9.17, 15) is 9.18 Å². The van der Waals surface area contributed by atoms with E-state index in [1.54, 1.807) is 6.92 Å². The molecule has 1 N–H and O–H groups in total. The maximum atomic E-state index is 14.1. The summed E-state index contributed by atoms with van der Waals surface area (Å²) in [6.07, 6.45) is -0.702. The molecule has 24 heavy (non-hydrogen) atoms. The average Bonchev–Trinajstić information content (AvgIpc) is 2.50. The highest BCUT2D eigenvalue weighted by molar-refractivity contribution is 6.30. The van der Waals surface area contributed by atoms with Crippen molar-refractivity contribution >= 4 is 23.4 Å². The summed E-state index contributed by atoms with van der Waals surface area (Å²) < 4.78 is 24.3. The lowest BCUT2D eigenvalue weighted by atomic mass is 10.0. The Balaban J connectivity index is 2.97. The van der Waals surface area contributed by atoms with E-state index >= 15 is 0 Å². The second-order valence-electron chi connectivity index (χ2n) is 5.43. The number of ether oxygens (including phenoxy) is 2. The summed E-state index contributed by atoms with van der Waals surface area (Å²) >= 11 is 5.84. The van der Waals surface area contributed by atoms with Crippen molar-refractivity contribution < 1.29 is 23.5 Å². The normalized spacial score (nSPS) is 13.0. The van der Waals surface area contributed by atoms with E-state index in [-0.39, 0.29) is 16.5 Å². The third-order valence-corrected chi connectivity index (χ3v) is 3.53. The van der Waals surface area contributed by atoms with Crippen molar-refractivity contribution in [2.75, 3.05) is 26.6 Å². The maximum absolute atomic E-state index is 14.1. The van der Waals surface area contributed by atoms with Gasteiger partial charge in [0.2, 0.25) is 0 Å². The van der Waals surface area contributed by atoms with E-state index < -0.39 is 24.0 Å². The fraction of sp³-hybridized carbons (Fsp3) is 0.643. The standard InChI is InChI=1S/C14H22ClFN4O4/c1-8(12(22-4)23-5)20(24-6)13(21)17-10-7-9(14(2,3)16)11(15)19-18-10/h7-8,12H,1-6H3,(H,17,18,21). The average molecular weight is 365 g/mol. The first-order valence-electron chi connectivity index (χ1n) is 7.08. The molecule has 136 valence electrons. The van der Waals surface area contributed by atoms with Crippen LogP contribution in [0.2, 0.25) is 5.15 Å². The fourth-order valence-corrected chi connectivity index (χ4v) is 2.37. The predicted molar refractivity (Wildman–Crippen MR) is 86.3 cm³/mol. The second kappa shape index (κ2) is 8.52. The van der Waals surface area contributed by atoms with Crippen LogP contribution in [0.25, 0.3) is 0 Å². The van der Waals surface area contributed by atoms with E-state index in [4.69, 9.17) is 25.9 Å². The van der Waals surface area contributed by atoms with Crippen LogP contribution in [0.5, 0.6) is 0 Å². The predicted octanol–water partition coefficient (Wildman–Crippen LogP) is 2.74. The summed E-state index contributed by atoms with van der Waals surface area (Å²) in [6.45, 7) is 4.32. The molecule has 2 amide bonds. The van der Waals surface area contributed by atoms with Gasteiger partial charge in [-0.2, -0.15) is 5.06 Å². The number of amides is 2. The van der Waals surface area contributed by atoms with Crippen LogP contribution in [0.1, 0.15) is 26.3 Å². The zero-order valence-electron chi connectivity index (χ0n) is 14.5. The molecule has 0 saturated heterocycles. The number of carbonyl (C=O) groups excluding carboxylic acids is 1. The van der Waals surface area contributed by atoms with Crippen LogP contribution in [0, 0.1) is 0 Å². The number of anilines is 1. The summed E-state index contributed by atoms with van der Waals surface area (Å²) in [5.74, 6) is 0.0331. The molecule has 1 atom stereocenters. The molecule has 0 spiro atoms. The number of urea groups is 1. The molecule has 10 heteroatoms. The van der Waals surface area contributed by atoms with Crippen LogP contribution in [0.4, 0.5) is 15.0 Å². The molecule has 0 aromatic carbocycles. The monoisotopic (exact) mass is 364 g/mol. The van der Waals surface area contributed by atoms with Gasteiger partial charge in [-0.05, 0) is 26.8 Å². The van der Waals surface area contributed by atoms with Gasteiger partial charge in [-0.1, -0.05) is 11.6 Å². The molecule has 0 saturated carbocycles. The first-order valence-corrected chi connectivity index (χ1v) is 7.46. The number of methoxy groups -OCH3 is 2. The quantitative estimate of drug-likeness (QED) is 0.591. The molecule has 0 radical (unpaired) electrons. The van der Waals surface area contributed by atoms with Crippen LogP contribution in [0.3, 0.4) is 0 Å². The smallest absolute Gasteiger partial charge is 0.347 e. The topological polar surface area (TPSA) is 85.8 Å². The molecule has 1 unspecified atom stereocenters. The highest BCUT2D eigenvalue weighted by Crippen LogP contribution is 2.30. The highest BCUT2D eigenvalue weighted by Gasteiger charge is 2.29. The van der Waals surface area contributed by atoms with Gasteiger partial charge >= 0.3 is 6.03 Å². The Labute approximate surface area is 145 Å². The molecule has 0 aliphatic carbocycles. The van der Waals surface area contributed by atoms with Crippen molar-refractivity contribution in [2.45, 2.75) is 38.8 Å².